The predicted octanol–water partition coefficient (Wildman–Crippen LogP) is 2.42. The van der Waals surface area contributed by atoms with Crippen molar-refractivity contribution in [2.75, 3.05) is 0 Å². The Morgan fingerprint density at radius 2 is 1.76 bits per heavy atom. The van der Waals surface area contributed by atoms with Crippen molar-refractivity contribution in [2.24, 2.45) is 5.73 Å². The molecule has 0 saturated heterocycles. The van der Waals surface area contributed by atoms with Gasteiger partial charge in [-0.3, -0.25) is 14.6 Å². The van der Waals surface area contributed by atoms with Gasteiger partial charge < -0.3 is 11.1 Å². The lowest BCUT2D eigenvalue weighted by Gasteiger charge is -2.15. The number of nitrogens with one attached hydrogen (secondary N) is 1. The molecule has 0 fully saturated rings. The van der Waals surface area contributed by atoms with E-state index in [9.17, 15) is 9.59 Å². The smallest absolute Gasteiger partial charge is 0.252 e. The Hall–Kier alpha value is -1.91. The van der Waals surface area contributed by atoms with E-state index >= 15 is 0 Å². The average Bonchev–Trinajstić information content (AvgIpc) is 2.50. The van der Waals surface area contributed by atoms with Gasteiger partial charge >= 0.3 is 0 Å². The van der Waals surface area contributed by atoms with Crippen molar-refractivity contribution in [1.82, 2.24) is 10.3 Å². The van der Waals surface area contributed by atoms with Gasteiger partial charge in [-0.25, -0.2) is 0 Å². The lowest BCUT2D eigenvalue weighted by atomic mass is 10.0. The van der Waals surface area contributed by atoms with Gasteiger partial charge in [0.15, 0.2) is 0 Å². The van der Waals surface area contributed by atoms with Crippen molar-refractivity contribution < 1.29 is 9.59 Å². The van der Waals surface area contributed by atoms with Gasteiger partial charge in [0.25, 0.3) is 5.91 Å². The first-order valence-electron chi connectivity index (χ1n) is 7.65. The van der Waals surface area contributed by atoms with Gasteiger partial charge in [0.2, 0.25) is 5.91 Å². The largest absolute Gasteiger partial charge is 0.368 e. The van der Waals surface area contributed by atoms with Crippen molar-refractivity contribution in [3.8, 4) is 0 Å². The molecule has 1 aromatic rings. The lowest BCUT2D eigenvalue weighted by molar-refractivity contribution is -0.120. The summed E-state index contributed by atoms with van der Waals surface area (Å²) in [6.07, 6.45) is 10.5. The molecule has 21 heavy (non-hydrogen) atoms. The lowest BCUT2D eigenvalue weighted by Crippen LogP contribution is -2.44. The van der Waals surface area contributed by atoms with E-state index in [1.54, 1.807) is 24.5 Å². The highest BCUT2D eigenvalue weighted by Crippen LogP contribution is 2.09. The third kappa shape index (κ3) is 6.88. The first-order chi connectivity index (χ1) is 10.1. The minimum absolute atomic E-state index is 0.285. The Bertz CT molecular complexity index is 434. The molecule has 0 aliphatic rings. The summed E-state index contributed by atoms with van der Waals surface area (Å²) in [6.45, 7) is 2.18. The number of primary amides is 1. The van der Waals surface area contributed by atoms with Gasteiger partial charge in [-0.2, -0.15) is 0 Å². The molecule has 1 rings (SSSR count). The number of amides is 2. The zero-order valence-electron chi connectivity index (χ0n) is 12.7. The summed E-state index contributed by atoms with van der Waals surface area (Å²) in [6, 6.07) is 2.62. The first-order valence-corrected chi connectivity index (χ1v) is 7.65. The number of unbranched alkanes of at least 4 members (excludes halogenated alkanes) is 5. The third-order valence-electron chi connectivity index (χ3n) is 3.44. The van der Waals surface area contributed by atoms with E-state index in [0.29, 0.717) is 12.0 Å². The first kappa shape index (κ1) is 17.1. The van der Waals surface area contributed by atoms with Crippen LogP contribution in [0.1, 0.15) is 62.2 Å². The molecular formula is C16H25N3O2. The Kier molecular flexibility index (Phi) is 8.09. The van der Waals surface area contributed by atoms with E-state index in [1.807, 2.05) is 0 Å². The van der Waals surface area contributed by atoms with Gasteiger partial charge in [-0.1, -0.05) is 45.4 Å². The number of hydrogen-bond donors (Lipinski definition) is 2. The number of nitrogens with two attached hydrogens (primary N) is 1. The summed E-state index contributed by atoms with van der Waals surface area (Å²) >= 11 is 0. The molecule has 3 N–H and O–H groups in total. The highest BCUT2D eigenvalue weighted by Gasteiger charge is 2.18. The van der Waals surface area contributed by atoms with Crippen LogP contribution in [0.3, 0.4) is 0 Å². The molecule has 0 saturated carbocycles. The van der Waals surface area contributed by atoms with Crippen LogP contribution in [0.25, 0.3) is 0 Å². The number of pyridine rings is 1. The number of rotatable bonds is 10. The van der Waals surface area contributed by atoms with Crippen molar-refractivity contribution in [3.05, 3.63) is 30.1 Å². The SMILES string of the molecule is CCCCCCCC[C@@H](NC(=O)c1ccncc1)C(N)=O. The molecule has 5 nitrogen and oxygen atoms in total. The van der Waals surface area contributed by atoms with Crippen molar-refractivity contribution in [2.45, 2.75) is 57.9 Å². The number of nitrogens with zero attached hydrogens (tertiary/aromatic N) is 1. The fraction of sp³-hybridized carbons (Fsp3) is 0.562. The predicted molar refractivity (Wildman–Crippen MR) is 82.7 cm³/mol. The molecule has 5 heteroatoms. The van der Waals surface area contributed by atoms with Gasteiger partial charge in [0.1, 0.15) is 6.04 Å². The molecule has 1 atom stereocenters. The number of hydrogen-bond acceptors (Lipinski definition) is 3. The second-order valence-electron chi connectivity index (χ2n) is 5.22. The summed E-state index contributed by atoms with van der Waals surface area (Å²) in [5, 5.41) is 2.69. The van der Waals surface area contributed by atoms with E-state index in [2.05, 4.69) is 17.2 Å². The zero-order chi connectivity index (χ0) is 15.5. The molecule has 0 aliphatic carbocycles. The molecule has 0 spiro atoms. The summed E-state index contributed by atoms with van der Waals surface area (Å²) in [5.41, 5.74) is 5.84. The normalized spacial score (nSPS) is 11.9. The van der Waals surface area contributed by atoms with E-state index in [0.717, 1.165) is 19.3 Å². The Balaban J connectivity index is 2.36. The summed E-state index contributed by atoms with van der Waals surface area (Å²) in [5.74, 6) is -0.766. The molecule has 0 aliphatic heterocycles. The maximum Gasteiger partial charge on any atom is 0.252 e. The summed E-state index contributed by atoms with van der Waals surface area (Å²) in [7, 11) is 0. The number of aromatic nitrogens is 1. The van der Waals surface area contributed by atoms with Crippen LogP contribution in [0.4, 0.5) is 0 Å². The average molecular weight is 291 g/mol. The third-order valence-corrected chi connectivity index (χ3v) is 3.44. The second-order valence-corrected chi connectivity index (χ2v) is 5.22. The van der Waals surface area contributed by atoms with Crippen molar-refractivity contribution >= 4 is 11.8 Å². The molecule has 1 heterocycles. The van der Waals surface area contributed by atoms with Crippen LogP contribution in [-0.4, -0.2) is 22.8 Å². The van der Waals surface area contributed by atoms with Crippen LogP contribution >= 0.6 is 0 Å². The molecule has 0 unspecified atom stereocenters. The molecule has 0 bridgehead atoms. The second kappa shape index (κ2) is 9.91. The highest BCUT2D eigenvalue weighted by atomic mass is 16.2. The maximum absolute atomic E-state index is 12.0. The van der Waals surface area contributed by atoms with Crippen LogP contribution < -0.4 is 11.1 Å². The molecule has 1 aromatic heterocycles. The van der Waals surface area contributed by atoms with E-state index < -0.39 is 11.9 Å². The van der Waals surface area contributed by atoms with Crippen LogP contribution in [0.15, 0.2) is 24.5 Å². The minimum atomic E-state index is -0.600. The molecule has 0 radical (unpaired) electrons. The number of carbonyl (C=O) groups is 2. The van der Waals surface area contributed by atoms with Crippen molar-refractivity contribution in [1.29, 1.82) is 0 Å². The Labute approximate surface area is 126 Å². The van der Waals surface area contributed by atoms with E-state index in [-0.39, 0.29) is 5.91 Å². The van der Waals surface area contributed by atoms with Crippen LogP contribution in [0.2, 0.25) is 0 Å². The van der Waals surface area contributed by atoms with Crippen LogP contribution in [0, 0.1) is 0 Å². The molecular weight excluding hydrogens is 266 g/mol. The highest BCUT2D eigenvalue weighted by molar-refractivity contribution is 5.97. The van der Waals surface area contributed by atoms with Gasteiger partial charge in [0.05, 0.1) is 0 Å². The van der Waals surface area contributed by atoms with Crippen LogP contribution in [0.5, 0.6) is 0 Å². The van der Waals surface area contributed by atoms with Gasteiger partial charge in [-0.15, -0.1) is 0 Å². The van der Waals surface area contributed by atoms with Crippen LogP contribution in [-0.2, 0) is 4.79 Å². The van der Waals surface area contributed by atoms with Gasteiger partial charge in [0, 0.05) is 18.0 Å². The van der Waals surface area contributed by atoms with Gasteiger partial charge in [-0.05, 0) is 18.6 Å². The Morgan fingerprint density at radius 3 is 2.38 bits per heavy atom. The summed E-state index contributed by atoms with van der Waals surface area (Å²) in [4.78, 5) is 27.3. The summed E-state index contributed by atoms with van der Waals surface area (Å²) < 4.78 is 0. The van der Waals surface area contributed by atoms with Crippen molar-refractivity contribution in [3.63, 3.8) is 0 Å². The number of carbonyl (C=O) groups excluding carboxylic acids is 2. The maximum atomic E-state index is 12.0. The quantitative estimate of drug-likeness (QED) is 0.649. The fourth-order valence-corrected chi connectivity index (χ4v) is 2.16. The molecule has 0 aromatic carbocycles. The Morgan fingerprint density at radius 1 is 1.14 bits per heavy atom. The molecule has 2 amide bonds. The molecule has 116 valence electrons. The monoisotopic (exact) mass is 291 g/mol. The van der Waals surface area contributed by atoms with E-state index in [1.165, 1.54) is 19.3 Å². The minimum Gasteiger partial charge on any atom is -0.368 e. The van der Waals surface area contributed by atoms with E-state index in [4.69, 9.17) is 5.73 Å². The standard InChI is InChI=1S/C16H25N3O2/c1-2-3-4-5-6-7-8-14(15(17)20)19-16(21)13-9-11-18-12-10-13/h9-12,14H,2-8H2,1H3,(H2,17,20)(H,19,21)/t14-/m1/s1. The topological polar surface area (TPSA) is 85.1 Å². The zero-order valence-corrected chi connectivity index (χ0v) is 12.7. The fourth-order valence-electron chi connectivity index (χ4n) is 2.16.